The lowest BCUT2D eigenvalue weighted by atomic mass is 10.2. The molecule has 1 aliphatic rings. The molecule has 2 rings (SSSR count). The van der Waals surface area contributed by atoms with Crippen LogP contribution in [0.15, 0.2) is 23.3 Å². The molecule has 114 valence electrons. The van der Waals surface area contributed by atoms with E-state index in [-0.39, 0.29) is 15.8 Å². The fourth-order valence-electron chi connectivity index (χ4n) is 1.97. The van der Waals surface area contributed by atoms with Crippen molar-refractivity contribution in [2.45, 2.75) is 31.9 Å². The van der Waals surface area contributed by atoms with Crippen LogP contribution in [0.25, 0.3) is 0 Å². The first-order chi connectivity index (χ1) is 9.86. The third-order valence-corrected chi connectivity index (χ3v) is 3.56. The number of hydrazone groups is 1. The maximum absolute atomic E-state index is 12.6. The Balaban J connectivity index is 2.04. The molecule has 1 fully saturated rings. The van der Waals surface area contributed by atoms with Gasteiger partial charge in [0.25, 0.3) is 0 Å². The summed E-state index contributed by atoms with van der Waals surface area (Å²) in [5, 5.41) is 7.01. The van der Waals surface area contributed by atoms with Crippen LogP contribution in [0.5, 0.6) is 0 Å². The molecule has 1 aromatic carbocycles. The van der Waals surface area contributed by atoms with Crippen LogP contribution in [-0.2, 0) is 6.18 Å². The van der Waals surface area contributed by atoms with Crippen molar-refractivity contribution < 1.29 is 13.2 Å². The van der Waals surface area contributed by atoms with Gasteiger partial charge >= 0.3 is 6.18 Å². The summed E-state index contributed by atoms with van der Waals surface area (Å²) in [6, 6.07) is 3.01. The van der Waals surface area contributed by atoms with Crippen LogP contribution in [0.3, 0.4) is 0 Å². The lowest BCUT2D eigenvalue weighted by molar-refractivity contribution is -0.137. The van der Waals surface area contributed by atoms with E-state index in [0.717, 1.165) is 43.5 Å². The predicted octanol–water partition coefficient (Wildman–Crippen LogP) is 4.58. The molecule has 0 heterocycles. The molecule has 0 amide bonds. The Morgan fingerprint density at radius 1 is 1.24 bits per heavy atom. The lowest BCUT2D eigenvalue weighted by Crippen LogP contribution is -2.25. The molecule has 0 saturated heterocycles. The third-order valence-electron chi connectivity index (χ3n) is 3.04. The maximum Gasteiger partial charge on any atom is 0.416 e. The number of halogens is 4. The van der Waals surface area contributed by atoms with Gasteiger partial charge in [0.05, 0.1) is 16.3 Å². The molecule has 3 nitrogen and oxygen atoms in total. The Morgan fingerprint density at radius 2 is 1.90 bits per heavy atom. The molecule has 1 aliphatic carbocycles. The van der Waals surface area contributed by atoms with E-state index >= 15 is 0 Å². The van der Waals surface area contributed by atoms with E-state index in [1.807, 2.05) is 0 Å². The molecule has 8 heteroatoms. The van der Waals surface area contributed by atoms with E-state index < -0.39 is 11.7 Å². The molecule has 1 aromatic rings. The van der Waals surface area contributed by atoms with Crippen LogP contribution in [0.1, 0.15) is 31.2 Å². The summed E-state index contributed by atoms with van der Waals surface area (Å²) in [5.74, 6) is 0. The molecule has 0 radical (unpaired) electrons. The van der Waals surface area contributed by atoms with Gasteiger partial charge in [-0.1, -0.05) is 11.6 Å². The highest BCUT2D eigenvalue weighted by atomic mass is 35.5. The zero-order valence-corrected chi connectivity index (χ0v) is 12.5. The van der Waals surface area contributed by atoms with Gasteiger partial charge in [-0.15, -0.1) is 0 Å². The zero-order chi connectivity index (χ0) is 15.5. The average molecular weight is 336 g/mol. The van der Waals surface area contributed by atoms with Crippen molar-refractivity contribution >= 4 is 40.3 Å². The minimum absolute atomic E-state index is 0.0932. The Hall–Kier alpha value is -1.34. The normalized spacial score (nSPS) is 15.0. The Kier molecular flexibility index (Phi) is 5.05. The van der Waals surface area contributed by atoms with Gasteiger partial charge in [-0.3, -0.25) is 5.43 Å². The number of nitrogens with one attached hydrogen (secondary N) is 2. The largest absolute Gasteiger partial charge is 0.416 e. The lowest BCUT2D eigenvalue weighted by Gasteiger charge is -2.12. The van der Waals surface area contributed by atoms with E-state index in [1.165, 1.54) is 6.07 Å². The highest BCUT2D eigenvalue weighted by Crippen LogP contribution is 2.33. The van der Waals surface area contributed by atoms with Crippen LogP contribution in [-0.4, -0.2) is 10.8 Å². The van der Waals surface area contributed by atoms with Gasteiger partial charge in [0.2, 0.25) is 0 Å². The van der Waals surface area contributed by atoms with Crippen LogP contribution in [0.2, 0.25) is 5.02 Å². The van der Waals surface area contributed by atoms with Crippen molar-refractivity contribution in [1.29, 1.82) is 0 Å². The molecule has 0 aromatic heterocycles. The second-order valence-corrected chi connectivity index (χ2v) is 5.46. The zero-order valence-electron chi connectivity index (χ0n) is 10.9. The SMILES string of the molecule is FC(F)(F)c1ccc(Cl)c(NC(=S)NN=C2CCCC2)c1. The van der Waals surface area contributed by atoms with Gasteiger partial charge in [0.15, 0.2) is 5.11 Å². The van der Waals surface area contributed by atoms with Gasteiger partial charge in [0.1, 0.15) is 0 Å². The van der Waals surface area contributed by atoms with Gasteiger partial charge in [-0.2, -0.15) is 18.3 Å². The van der Waals surface area contributed by atoms with E-state index in [2.05, 4.69) is 15.8 Å². The summed E-state index contributed by atoms with van der Waals surface area (Å²) in [6.07, 6.45) is -0.402. The second kappa shape index (κ2) is 6.62. The maximum atomic E-state index is 12.6. The third kappa shape index (κ3) is 4.57. The summed E-state index contributed by atoms with van der Waals surface area (Å²) in [4.78, 5) is 0. The minimum atomic E-state index is -4.43. The van der Waals surface area contributed by atoms with Crippen LogP contribution < -0.4 is 10.7 Å². The van der Waals surface area contributed by atoms with Crippen LogP contribution in [0, 0.1) is 0 Å². The van der Waals surface area contributed by atoms with E-state index in [0.29, 0.717) is 0 Å². The molecule has 0 atom stereocenters. The molecule has 1 saturated carbocycles. The first-order valence-electron chi connectivity index (χ1n) is 6.35. The van der Waals surface area contributed by atoms with Crippen molar-refractivity contribution in [2.24, 2.45) is 5.10 Å². The second-order valence-electron chi connectivity index (χ2n) is 4.64. The standard InChI is InChI=1S/C13H13ClF3N3S/c14-10-6-5-8(13(15,16)17)7-11(10)18-12(21)20-19-9-3-1-2-4-9/h5-7H,1-4H2,(H2,18,20,21). The number of thiocarbonyl (C=S) groups is 1. The number of nitrogens with zero attached hydrogens (tertiary/aromatic N) is 1. The van der Waals surface area contributed by atoms with Crippen LogP contribution >= 0.6 is 23.8 Å². The van der Waals surface area contributed by atoms with Gasteiger partial charge in [0, 0.05) is 5.71 Å². The van der Waals surface area contributed by atoms with Crippen molar-refractivity contribution in [2.75, 3.05) is 5.32 Å². The molecular formula is C13H13ClF3N3S. The van der Waals surface area contributed by atoms with Gasteiger partial charge < -0.3 is 5.32 Å². The van der Waals surface area contributed by atoms with E-state index in [1.54, 1.807) is 0 Å². The molecule has 0 spiro atoms. The summed E-state index contributed by atoms with van der Waals surface area (Å²) in [7, 11) is 0. The number of hydrogen-bond acceptors (Lipinski definition) is 2. The van der Waals surface area contributed by atoms with Crippen molar-refractivity contribution in [1.82, 2.24) is 5.43 Å². The molecular weight excluding hydrogens is 323 g/mol. The average Bonchev–Trinajstić information content (AvgIpc) is 2.91. The number of hydrogen-bond donors (Lipinski definition) is 2. The first kappa shape index (κ1) is 16.0. The van der Waals surface area contributed by atoms with E-state index in [9.17, 15) is 13.2 Å². The van der Waals surface area contributed by atoms with Crippen molar-refractivity contribution in [3.63, 3.8) is 0 Å². The topological polar surface area (TPSA) is 36.4 Å². The quantitative estimate of drug-likeness (QED) is 0.613. The van der Waals surface area contributed by atoms with E-state index in [4.69, 9.17) is 23.8 Å². The fraction of sp³-hybridized carbons (Fsp3) is 0.385. The Labute approximate surface area is 130 Å². The summed E-state index contributed by atoms with van der Waals surface area (Å²) < 4.78 is 37.9. The highest BCUT2D eigenvalue weighted by molar-refractivity contribution is 7.80. The van der Waals surface area contributed by atoms with Crippen LogP contribution in [0.4, 0.5) is 18.9 Å². The molecule has 0 unspecified atom stereocenters. The van der Waals surface area contributed by atoms with Gasteiger partial charge in [-0.25, -0.2) is 0 Å². The van der Waals surface area contributed by atoms with Crippen molar-refractivity contribution in [3.8, 4) is 0 Å². The fourth-order valence-corrected chi connectivity index (χ4v) is 2.29. The molecule has 0 aliphatic heterocycles. The Morgan fingerprint density at radius 3 is 2.52 bits per heavy atom. The van der Waals surface area contributed by atoms with Gasteiger partial charge in [-0.05, 0) is 56.1 Å². The number of anilines is 1. The monoisotopic (exact) mass is 335 g/mol. The highest BCUT2D eigenvalue weighted by Gasteiger charge is 2.31. The minimum Gasteiger partial charge on any atom is -0.330 e. The Bertz CT molecular complexity index is 564. The summed E-state index contributed by atoms with van der Waals surface area (Å²) in [5.41, 5.74) is 2.94. The first-order valence-corrected chi connectivity index (χ1v) is 7.14. The molecule has 2 N–H and O–H groups in total. The van der Waals surface area contributed by atoms with Crippen molar-refractivity contribution in [3.05, 3.63) is 28.8 Å². The number of alkyl halides is 3. The smallest absolute Gasteiger partial charge is 0.330 e. The summed E-state index contributed by atoms with van der Waals surface area (Å²) >= 11 is 10.9. The molecule has 0 bridgehead atoms. The number of benzene rings is 1. The number of rotatable bonds is 2. The molecule has 21 heavy (non-hydrogen) atoms. The predicted molar refractivity (Wildman–Crippen MR) is 81.7 cm³/mol. The summed E-state index contributed by atoms with van der Waals surface area (Å²) in [6.45, 7) is 0.